The van der Waals surface area contributed by atoms with Crippen LogP contribution in [0.1, 0.15) is 17.3 Å². The largest absolute Gasteiger partial charge is 0.315 e. The molecule has 0 aliphatic carbocycles. The summed E-state index contributed by atoms with van der Waals surface area (Å²) in [5.74, 6) is 1.21. The van der Waals surface area contributed by atoms with Crippen molar-refractivity contribution >= 4 is 0 Å². The number of nitrogens with zero attached hydrogens (tertiary/aromatic N) is 1. The number of aromatic nitrogens is 2. The number of rotatable bonds is 1. The fraction of sp³-hybridized carbons (Fsp3) is 0.500. The average Bonchev–Trinajstić information content (AvgIpc) is 1.93. The van der Waals surface area contributed by atoms with Crippen molar-refractivity contribution in [3.8, 4) is 0 Å². The van der Waals surface area contributed by atoms with E-state index >= 15 is 0 Å². The van der Waals surface area contributed by atoms with Gasteiger partial charge in [-0.1, -0.05) is 0 Å². The zero-order chi connectivity index (χ0) is 8.55. The van der Waals surface area contributed by atoms with E-state index in [1.54, 1.807) is 13.1 Å². The molecule has 1 aliphatic heterocycles. The summed E-state index contributed by atoms with van der Waals surface area (Å²) < 4.78 is 0. The molecular formula is C8H11N3O. The minimum Gasteiger partial charge on any atom is -0.315 e. The molecule has 0 bridgehead atoms. The van der Waals surface area contributed by atoms with Crippen LogP contribution in [0.4, 0.5) is 0 Å². The second-order valence-corrected chi connectivity index (χ2v) is 3.14. The third-order valence-electron chi connectivity index (χ3n) is 2.17. The van der Waals surface area contributed by atoms with Crippen LogP contribution in [0.15, 0.2) is 11.0 Å². The maximum atomic E-state index is 11.2. The van der Waals surface area contributed by atoms with Gasteiger partial charge in [-0.05, 0) is 6.92 Å². The van der Waals surface area contributed by atoms with Crippen LogP contribution in [0.25, 0.3) is 0 Å². The SMILES string of the molecule is Cc1cnc(C2CNC2)[nH]c1=O. The zero-order valence-electron chi connectivity index (χ0n) is 6.92. The highest BCUT2D eigenvalue weighted by Gasteiger charge is 2.20. The third-order valence-corrected chi connectivity index (χ3v) is 2.17. The first-order valence-electron chi connectivity index (χ1n) is 4.04. The Morgan fingerprint density at radius 3 is 2.83 bits per heavy atom. The standard InChI is InChI=1S/C8H11N3O/c1-5-2-10-7(11-8(5)12)6-3-9-4-6/h2,6,9H,3-4H2,1H3,(H,10,11,12). The molecule has 2 N–H and O–H groups in total. The van der Waals surface area contributed by atoms with Crippen LogP contribution in [0.5, 0.6) is 0 Å². The summed E-state index contributed by atoms with van der Waals surface area (Å²) in [5.41, 5.74) is 0.651. The normalized spacial score (nSPS) is 17.4. The molecule has 0 atom stereocenters. The van der Waals surface area contributed by atoms with Crippen molar-refractivity contribution in [3.05, 3.63) is 27.9 Å². The highest BCUT2D eigenvalue weighted by atomic mass is 16.1. The van der Waals surface area contributed by atoms with Gasteiger partial charge in [0.1, 0.15) is 5.82 Å². The molecule has 12 heavy (non-hydrogen) atoms. The molecule has 2 heterocycles. The lowest BCUT2D eigenvalue weighted by atomic mass is 10.0. The van der Waals surface area contributed by atoms with Crippen molar-refractivity contribution in [3.63, 3.8) is 0 Å². The Labute approximate surface area is 70.0 Å². The molecule has 1 fully saturated rings. The van der Waals surface area contributed by atoms with Crippen LogP contribution in [0.2, 0.25) is 0 Å². The summed E-state index contributed by atoms with van der Waals surface area (Å²) in [5, 5.41) is 3.13. The van der Waals surface area contributed by atoms with Gasteiger partial charge < -0.3 is 10.3 Å². The molecule has 1 aromatic heterocycles. The molecule has 1 aromatic rings. The molecule has 0 saturated carbocycles. The minimum absolute atomic E-state index is 0.0214. The van der Waals surface area contributed by atoms with E-state index in [4.69, 9.17) is 0 Å². The fourth-order valence-corrected chi connectivity index (χ4v) is 1.16. The van der Waals surface area contributed by atoms with E-state index in [9.17, 15) is 4.79 Å². The second-order valence-electron chi connectivity index (χ2n) is 3.14. The minimum atomic E-state index is -0.0214. The van der Waals surface area contributed by atoms with Gasteiger partial charge in [-0.25, -0.2) is 4.98 Å². The lowest BCUT2D eigenvalue weighted by Crippen LogP contribution is -2.41. The van der Waals surface area contributed by atoms with Crippen LogP contribution in [-0.2, 0) is 0 Å². The van der Waals surface area contributed by atoms with Crippen molar-refractivity contribution in [1.29, 1.82) is 0 Å². The number of nitrogens with one attached hydrogen (secondary N) is 2. The molecule has 0 aromatic carbocycles. The van der Waals surface area contributed by atoms with E-state index < -0.39 is 0 Å². The topological polar surface area (TPSA) is 57.8 Å². The lowest BCUT2D eigenvalue weighted by molar-refractivity contribution is 0.429. The highest BCUT2D eigenvalue weighted by molar-refractivity contribution is 5.08. The maximum Gasteiger partial charge on any atom is 0.253 e. The van der Waals surface area contributed by atoms with Gasteiger partial charge in [0.05, 0.1) is 0 Å². The monoisotopic (exact) mass is 165 g/mol. The van der Waals surface area contributed by atoms with E-state index in [2.05, 4.69) is 15.3 Å². The molecular weight excluding hydrogens is 154 g/mol. The number of hydrogen-bond acceptors (Lipinski definition) is 3. The summed E-state index contributed by atoms with van der Waals surface area (Å²) in [6.07, 6.45) is 1.63. The molecule has 2 rings (SSSR count). The quantitative estimate of drug-likeness (QED) is 0.604. The molecule has 0 spiro atoms. The van der Waals surface area contributed by atoms with E-state index in [-0.39, 0.29) is 5.56 Å². The third kappa shape index (κ3) is 1.14. The molecule has 0 radical (unpaired) electrons. The van der Waals surface area contributed by atoms with Crippen LogP contribution in [-0.4, -0.2) is 23.1 Å². The van der Waals surface area contributed by atoms with Gasteiger partial charge in [0.15, 0.2) is 0 Å². The number of hydrogen-bond donors (Lipinski definition) is 2. The van der Waals surface area contributed by atoms with E-state index in [0.29, 0.717) is 11.5 Å². The Hall–Kier alpha value is -1.16. The Morgan fingerprint density at radius 2 is 2.33 bits per heavy atom. The predicted molar refractivity (Wildman–Crippen MR) is 45.2 cm³/mol. The molecule has 1 saturated heterocycles. The van der Waals surface area contributed by atoms with Crippen molar-refractivity contribution in [2.45, 2.75) is 12.8 Å². The van der Waals surface area contributed by atoms with Crippen LogP contribution in [0, 0.1) is 6.92 Å². The van der Waals surface area contributed by atoms with Crippen LogP contribution < -0.4 is 10.9 Å². The predicted octanol–water partition coefficient (Wildman–Crippen LogP) is -0.235. The Morgan fingerprint density at radius 1 is 1.58 bits per heavy atom. The first kappa shape index (κ1) is 7.49. The van der Waals surface area contributed by atoms with Crippen molar-refractivity contribution < 1.29 is 0 Å². The summed E-state index contributed by atoms with van der Waals surface area (Å²) in [6, 6.07) is 0. The lowest BCUT2D eigenvalue weighted by Gasteiger charge is -2.25. The van der Waals surface area contributed by atoms with Crippen molar-refractivity contribution in [1.82, 2.24) is 15.3 Å². The Balaban J connectivity index is 2.33. The van der Waals surface area contributed by atoms with Gasteiger partial charge in [0.25, 0.3) is 5.56 Å². The van der Waals surface area contributed by atoms with Gasteiger partial charge in [-0.2, -0.15) is 0 Å². The molecule has 4 heteroatoms. The van der Waals surface area contributed by atoms with Gasteiger partial charge >= 0.3 is 0 Å². The average molecular weight is 165 g/mol. The summed E-state index contributed by atoms with van der Waals surface area (Å²) in [7, 11) is 0. The smallest absolute Gasteiger partial charge is 0.253 e. The van der Waals surface area contributed by atoms with E-state index in [1.165, 1.54) is 0 Å². The zero-order valence-corrected chi connectivity index (χ0v) is 6.92. The summed E-state index contributed by atoms with van der Waals surface area (Å²) in [4.78, 5) is 18.1. The molecule has 64 valence electrons. The second kappa shape index (κ2) is 2.71. The Kier molecular flexibility index (Phi) is 1.69. The van der Waals surface area contributed by atoms with E-state index in [1.807, 2.05) is 0 Å². The van der Waals surface area contributed by atoms with E-state index in [0.717, 1.165) is 18.9 Å². The van der Waals surface area contributed by atoms with Gasteiger partial charge in [0, 0.05) is 30.8 Å². The molecule has 0 amide bonds. The Bertz CT molecular complexity index is 340. The molecule has 0 unspecified atom stereocenters. The van der Waals surface area contributed by atoms with Gasteiger partial charge in [0.2, 0.25) is 0 Å². The first-order chi connectivity index (χ1) is 5.77. The number of H-pyrrole nitrogens is 1. The van der Waals surface area contributed by atoms with Gasteiger partial charge in [-0.3, -0.25) is 4.79 Å². The number of aromatic amines is 1. The first-order valence-corrected chi connectivity index (χ1v) is 4.04. The van der Waals surface area contributed by atoms with Crippen LogP contribution in [0.3, 0.4) is 0 Å². The molecule has 1 aliphatic rings. The number of aryl methyl sites for hydroxylation is 1. The van der Waals surface area contributed by atoms with Gasteiger partial charge in [-0.15, -0.1) is 0 Å². The maximum absolute atomic E-state index is 11.2. The summed E-state index contributed by atoms with van der Waals surface area (Å²) in [6.45, 7) is 3.60. The van der Waals surface area contributed by atoms with Crippen molar-refractivity contribution in [2.24, 2.45) is 0 Å². The van der Waals surface area contributed by atoms with Crippen molar-refractivity contribution in [2.75, 3.05) is 13.1 Å². The molecule has 4 nitrogen and oxygen atoms in total. The summed E-state index contributed by atoms with van der Waals surface area (Å²) >= 11 is 0. The van der Waals surface area contributed by atoms with Crippen LogP contribution >= 0.6 is 0 Å². The fourth-order valence-electron chi connectivity index (χ4n) is 1.16. The highest BCUT2D eigenvalue weighted by Crippen LogP contribution is 2.13.